The van der Waals surface area contributed by atoms with Gasteiger partial charge in [-0.1, -0.05) is 42.6 Å². The summed E-state index contributed by atoms with van der Waals surface area (Å²) < 4.78 is 25.1. The molecule has 0 radical (unpaired) electrons. The standard InChI is InChI=1S/C19H20ClNO3S/c1-14-13-15(20)9-10-17(14)21-18(22)19(11-5-6-12-19)25(23,24)16-7-3-2-4-8-16/h2-4,7-10,13H,5-6,11-12H2,1H3,(H,21,22). The van der Waals surface area contributed by atoms with Gasteiger partial charge in [0.2, 0.25) is 5.91 Å². The number of aryl methyl sites for hydroxylation is 1. The molecule has 2 aromatic rings. The van der Waals surface area contributed by atoms with Crippen LogP contribution in [0.25, 0.3) is 0 Å². The number of halogens is 1. The second kappa shape index (κ2) is 6.81. The molecule has 0 saturated heterocycles. The van der Waals surface area contributed by atoms with Crippen molar-refractivity contribution in [1.82, 2.24) is 0 Å². The van der Waals surface area contributed by atoms with Crippen molar-refractivity contribution in [1.29, 1.82) is 0 Å². The number of nitrogens with one attached hydrogen (secondary N) is 1. The number of sulfone groups is 1. The molecule has 0 spiro atoms. The molecule has 0 aliphatic heterocycles. The lowest BCUT2D eigenvalue weighted by Crippen LogP contribution is -2.47. The molecule has 3 rings (SSSR count). The molecule has 0 aromatic heterocycles. The third-order valence-electron chi connectivity index (χ3n) is 4.83. The molecule has 25 heavy (non-hydrogen) atoms. The van der Waals surface area contributed by atoms with Gasteiger partial charge in [0.1, 0.15) is 0 Å². The lowest BCUT2D eigenvalue weighted by Gasteiger charge is -2.28. The zero-order chi connectivity index (χ0) is 18.1. The largest absolute Gasteiger partial charge is 0.324 e. The molecule has 4 nitrogen and oxygen atoms in total. The average molecular weight is 378 g/mol. The second-order valence-electron chi connectivity index (χ2n) is 6.43. The molecule has 132 valence electrons. The summed E-state index contributed by atoms with van der Waals surface area (Å²) in [5.41, 5.74) is 1.38. The summed E-state index contributed by atoms with van der Waals surface area (Å²) in [5, 5.41) is 3.39. The van der Waals surface area contributed by atoms with Crippen LogP contribution < -0.4 is 5.32 Å². The highest BCUT2D eigenvalue weighted by Crippen LogP contribution is 2.41. The normalized spacial score (nSPS) is 16.6. The quantitative estimate of drug-likeness (QED) is 0.860. The predicted octanol–water partition coefficient (Wildman–Crippen LogP) is 4.37. The molecule has 1 N–H and O–H groups in total. The monoisotopic (exact) mass is 377 g/mol. The molecular formula is C19H20ClNO3S. The summed E-state index contributed by atoms with van der Waals surface area (Å²) in [6.07, 6.45) is 2.11. The van der Waals surface area contributed by atoms with Crippen LogP contribution in [0.2, 0.25) is 5.02 Å². The fourth-order valence-electron chi connectivity index (χ4n) is 3.39. The number of carbonyl (C=O) groups is 1. The van der Waals surface area contributed by atoms with Crippen molar-refractivity contribution in [2.75, 3.05) is 5.32 Å². The highest BCUT2D eigenvalue weighted by atomic mass is 35.5. The van der Waals surface area contributed by atoms with Crippen LogP contribution in [0.5, 0.6) is 0 Å². The maximum Gasteiger partial charge on any atom is 0.246 e. The van der Waals surface area contributed by atoms with Gasteiger partial charge in [0, 0.05) is 10.7 Å². The maximum absolute atomic E-state index is 13.2. The first-order chi connectivity index (χ1) is 11.9. The topological polar surface area (TPSA) is 63.2 Å². The average Bonchev–Trinajstić information content (AvgIpc) is 3.10. The van der Waals surface area contributed by atoms with Gasteiger partial charge < -0.3 is 5.32 Å². The van der Waals surface area contributed by atoms with E-state index in [4.69, 9.17) is 11.6 Å². The van der Waals surface area contributed by atoms with Gasteiger partial charge in [-0.3, -0.25) is 4.79 Å². The van der Waals surface area contributed by atoms with E-state index in [1.54, 1.807) is 48.5 Å². The van der Waals surface area contributed by atoms with Gasteiger partial charge >= 0.3 is 0 Å². The van der Waals surface area contributed by atoms with Crippen molar-refractivity contribution >= 4 is 33.0 Å². The number of carbonyl (C=O) groups excluding carboxylic acids is 1. The van der Waals surface area contributed by atoms with E-state index < -0.39 is 20.5 Å². The van der Waals surface area contributed by atoms with Crippen LogP contribution in [-0.2, 0) is 14.6 Å². The van der Waals surface area contributed by atoms with E-state index in [0.29, 0.717) is 23.6 Å². The van der Waals surface area contributed by atoms with Crippen LogP contribution in [0.1, 0.15) is 31.2 Å². The molecule has 1 amide bonds. The van der Waals surface area contributed by atoms with Crippen molar-refractivity contribution in [3.05, 3.63) is 59.1 Å². The summed E-state index contributed by atoms with van der Waals surface area (Å²) in [4.78, 5) is 13.3. The molecule has 0 atom stereocenters. The van der Waals surface area contributed by atoms with Gasteiger partial charge in [0.25, 0.3) is 0 Å². The van der Waals surface area contributed by atoms with Crippen LogP contribution in [0, 0.1) is 6.92 Å². The molecule has 0 unspecified atom stereocenters. The first-order valence-corrected chi connectivity index (χ1v) is 10.1. The highest BCUT2D eigenvalue weighted by molar-refractivity contribution is 7.93. The Morgan fingerprint density at radius 2 is 1.72 bits per heavy atom. The van der Waals surface area contributed by atoms with Crippen LogP contribution in [0.15, 0.2) is 53.4 Å². The molecule has 1 aliphatic carbocycles. The Hall–Kier alpha value is -1.85. The lowest BCUT2D eigenvalue weighted by atomic mass is 10.1. The Morgan fingerprint density at radius 1 is 1.08 bits per heavy atom. The molecule has 1 aliphatic rings. The Morgan fingerprint density at radius 3 is 2.32 bits per heavy atom. The van der Waals surface area contributed by atoms with Crippen molar-refractivity contribution in [2.24, 2.45) is 0 Å². The van der Waals surface area contributed by atoms with Gasteiger partial charge in [-0.05, 0) is 55.7 Å². The predicted molar refractivity (Wildman–Crippen MR) is 99.6 cm³/mol. The fraction of sp³-hybridized carbons (Fsp3) is 0.316. The molecule has 2 aromatic carbocycles. The molecule has 6 heteroatoms. The van der Waals surface area contributed by atoms with Gasteiger partial charge in [0.15, 0.2) is 14.6 Å². The summed E-state index contributed by atoms with van der Waals surface area (Å²) in [5.74, 6) is -0.459. The number of hydrogen-bond acceptors (Lipinski definition) is 3. The number of amides is 1. The van der Waals surface area contributed by atoms with E-state index in [2.05, 4.69) is 5.32 Å². The number of benzene rings is 2. The zero-order valence-corrected chi connectivity index (χ0v) is 15.5. The van der Waals surface area contributed by atoms with Crippen molar-refractivity contribution in [2.45, 2.75) is 42.2 Å². The van der Waals surface area contributed by atoms with Crippen molar-refractivity contribution in [3.8, 4) is 0 Å². The Kier molecular flexibility index (Phi) is 4.89. The second-order valence-corrected chi connectivity index (χ2v) is 9.13. The smallest absolute Gasteiger partial charge is 0.246 e. The Bertz CT molecular complexity index is 888. The third-order valence-corrected chi connectivity index (χ3v) is 7.58. The van der Waals surface area contributed by atoms with Crippen LogP contribution >= 0.6 is 11.6 Å². The van der Waals surface area contributed by atoms with Crippen molar-refractivity contribution < 1.29 is 13.2 Å². The summed E-state index contributed by atoms with van der Waals surface area (Å²) >= 11 is 5.95. The van der Waals surface area contributed by atoms with Crippen LogP contribution in [-0.4, -0.2) is 19.1 Å². The van der Waals surface area contributed by atoms with Gasteiger partial charge in [-0.15, -0.1) is 0 Å². The lowest BCUT2D eigenvalue weighted by molar-refractivity contribution is -0.118. The Balaban J connectivity index is 1.99. The van der Waals surface area contributed by atoms with E-state index >= 15 is 0 Å². The molecule has 0 bridgehead atoms. The van der Waals surface area contributed by atoms with E-state index in [1.807, 2.05) is 6.92 Å². The minimum absolute atomic E-state index is 0.194. The SMILES string of the molecule is Cc1cc(Cl)ccc1NC(=O)C1(S(=O)(=O)c2ccccc2)CCCC1. The first kappa shape index (κ1) is 18.0. The molecule has 1 saturated carbocycles. The minimum Gasteiger partial charge on any atom is -0.324 e. The summed E-state index contributed by atoms with van der Waals surface area (Å²) in [6.45, 7) is 1.83. The molecule has 1 fully saturated rings. The Labute approximate surface area is 153 Å². The molecular weight excluding hydrogens is 358 g/mol. The number of rotatable bonds is 4. The number of anilines is 1. The van der Waals surface area contributed by atoms with Crippen LogP contribution in [0.4, 0.5) is 5.69 Å². The maximum atomic E-state index is 13.2. The fourth-order valence-corrected chi connectivity index (χ4v) is 5.71. The van der Waals surface area contributed by atoms with E-state index in [0.717, 1.165) is 18.4 Å². The first-order valence-electron chi connectivity index (χ1n) is 8.24. The number of hydrogen-bond donors (Lipinski definition) is 1. The van der Waals surface area contributed by atoms with E-state index in [9.17, 15) is 13.2 Å². The summed E-state index contributed by atoms with van der Waals surface area (Å²) in [7, 11) is -3.78. The van der Waals surface area contributed by atoms with Crippen molar-refractivity contribution in [3.63, 3.8) is 0 Å². The van der Waals surface area contributed by atoms with Gasteiger partial charge in [-0.25, -0.2) is 8.42 Å². The highest BCUT2D eigenvalue weighted by Gasteiger charge is 2.52. The van der Waals surface area contributed by atoms with Gasteiger partial charge in [-0.2, -0.15) is 0 Å². The van der Waals surface area contributed by atoms with Crippen LogP contribution in [0.3, 0.4) is 0 Å². The van der Waals surface area contributed by atoms with E-state index in [-0.39, 0.29) is 4.90 Å². The third kappa shape index (κ3) is 3.18. The molecule has 0 heterocycles. The summed E-state index contributed by atoms with van der Waals surface area (Å²) in [6, 6.07) is 13.3. The van der Waals surface area contributed by atoms with E-state index in [1.165, 1.54) is 0 Å². The zero-order valence-electron chi connectivity index (χ0n) is 14.0. The minimum atomic E-state index is -3.78. The van der Waals surface area contributed by atoms with Gasteiger partial charge in [0.05, 0.1) is 4.90 Å².